The van der Waals surface area contributed by atoms with Crippen molar-refractivity contribution >= 4 is 5.78 Å². The van der Waals surface area contributed by atoms with Crippen molar-refractivity contribution in [1.29, 1.82) is 0 Å². The van der Waals surface area contributed by atoms with E-state index < -0.39 is 0 Å². The molecule has 0 heterocycles. The number of hydrogen-bond donors (Lipinski definition) is 1. The number of Topliss-reactive ketones (excluding diaryl/α,β-unsaturated/α-hetero) is 1. The van der Waals surface area contributed by atoms with Gasteiger partial charge < -0.3 is 12.7 Å². The highest BCUT2D eigenvalue weighted by Gasteiger charge is 2.33. The molecule has 0 aliphatic rings. The van der Waals surface area contributed by atoms with Gasteiger partial charge >= 0.3 is 0 Å². The Balaban J connectivity index is -0.000000980. The summed E-state index contributed by atoms with van der Waals surface area (Å²) in [5.74, 6) is 0.628. The summed E-state index contributed by atoms with van der Waals surface area (Å²) >= 11 is 0. The molecular weight excluding hydrogens is 210 g/mol. The Morgan fingerprint density at radius 1 is 1.00 bits per heavy atom. The Kier molecular flexibility index (Phi) is 9.02. The van der Waals surface area contributed by atoms with E-state index in [1.165, 1.54) is 0 Å². The highest BCUT2D eigenvalue weighted by molar-refractivity contribution is 5.89. The molecule has 0 fully saturated rings. The van der Waals surface area contributed by atoms with Crippen molar-refractivity contribution in [1.82, 2.24) is 5.32 Å². The lowest BCUT2D eigenvalue weighted by molar-refractivity contribution is -0.130. The first kappa shape index (κ1) is 21.8. The lowest BCUT2D eigenvalue weighted by atomic mass is 9.81. The van der Waals surface area contributed by atoms with Crippen LogP contribution < -0.4 is 5.32 Å². The van der Waals surface area contributed by atoms with Crippen LogP contribution in [0.25, 0.3) is 0 Å². The minimum atomic E-state index is -0.271. The van der Waals surface area contributed by atoms with Gasteiger partial charge in [0.1, 0.15) is 0 Å². The molecule has 0 saturated heterocycles. The van der Waals surface area contributed by atoms with Crippen molar-refractivity contribution in [2.24, 2.45) is 11.3 Å². The van der Waals surface area contributed by atoms with Crippen LogP contribution in [0.1, 0.15) is 55.4 Å². The number of hydrogen-bond acceptors (Lipinski definition) is 2. The number of nitrogens with one attached hydrogen (secondary N) is 1. The Morgan fingerprint density at radius 2 is 1.35 bits per heavy atom. The molecular formula is C15H33NO. The molecule has 1 unspecified atom stereocenters. The molecule has 0 aliphatic heterocycles. The minimum absolute atomic E-state index is 0. The third-order valence-corrected chi connectivity index (χ3v) is 2.28. The molecule has 104 valence electrons. The van der Waals surface area contributed by atoms with Crippen LogP contribution in [0.2, 0.25) is 0 Å². The molecule has 0 aromatic rings. The second-order valence-electron chi connectivity index (χ2n) is 6.73. The van der Waals surface area contributed by atoms with E-state index in [2.05, 4.69) is 39.9 Å². The van der Waals surface area contributed by atoms with Crippen molar-refractivity contribution in [3.63, 3.8) is 0 Å². The minimum Gasteiger partial charge on any atom is -0.358 e. The van der Waals surface area contributed by atoms with Crippen molar-refractivity contribution in [3.8, 4) is 0 Å². The van der Waals surface area contributed by atoms with Crippen LogP contribution in [0.4, 0.5) is 0 Å². The summed E-state index contributed by atoms with van der Waals surface area (Å²) < 4.78 is 0. The normalized spacial score (nSPS) is 13.7. The maximum atomic E-state index is 12.2. The highest BCUT2D eigenvalue weighted by atomic mass is 16.1. The summed E-state index contributed by atoms with van der Waals surface area (Å²) in [4.78, 5) is 12.2. The summed E-state index contributed by atoms with van der Waals surface area (Å²) in [5.41, 5.74) is -0.289. The first-order valence-corrected chi connectivity index (χ1v) is 5.77. The molecule has 17 heavy (non-hydrogen) atoms. The standard InChI is InChI=1S/C13H27NO.2CH3/c1-9(2)10(14-13(6,7)8)11(15)12(3,4)5;;/h9-10,14H,1-8H3;2*1H3/q;-1;+1. The van der Waals surface area contributed by atoms with Crippen molar-refractivity contribution in [2.45, 2.75) is 67.0 Å². The van der Waals surface area contributed by atoms with Gasteiger partial charge in [-0.25, -0.2) is 0 Å². The van der Waals surface area contributed by atoms with E-state index in [1.54, 1.807) is 0 Å². The molecule has 0 bridgehead atoms. The van der Waals surface area contributed by atoms with E-state index in [0.29, 0.717) is 11.7 Å². The molecule has 0 radical (unpaired) electrons. The van der Waals surface area contributed by atoms with Gasteiger partial charge in [-0.05, 0) is 26.7 Å². The van der Waals surface area contributed by atoms with Crippen molar-refractivity contribution in [3.05, 3.63) is 14.9 Å². The lowest BCUT2D eigenvalue weighted by Crippen LogP contribution is -2.53. The molecule has 0 aliphatic carbocycles. The molecule has 2 heteroatoms. The first-order valence-electron chi connectivity index (χ1n) is 5.77. The van der Waals surface area contributed by atoms with Gasteiger partial charge in [-0.2, -0.15) is 0 Å². The maximum Gasteiger partial charge on any atom is 0.155 e. The van der Waals surface area contributed by atoms with Crippen molar-refractivity contribution in [2.75, 3.05) is 0 Å². The van der Waals surface area contributed by atoms with Gasteiger partial charge in [-0.3, -0.25) is 4.79 Å². The third-order valence-electron chi connectivity index (χ3n) is 2.28. The van der Waals surface area contributed by atoms with Crippen LogP contribution in [0.5, 0.6) is 0 Å². The van der Waals surface area contributed by atoms with Crippen LogP contribution in [0.3, 0.4) is 0 Å². The van der Waals surface area contributed by atoms with Crippen LogP contribution in [-0.4, -0.2) is 17.4 Å². The Morgan fingerprint density at radius 3 is 1.53 bits per heavy atom. The van der Waals surface area contributed by atoms with Gasteiger partial charge in [0.05, 0.1) is 6.04 Å². The number of rotatable bonds is 3. The molecule has 1 atom stereocenters. The van der Waals surface area contributed by atoms with Crippen LogP contribution in [0.15, 0.2) is 0 Å². The predicted molar refractivity (Wildman–Crippen MR) is 78.8 cm³/mol. The van der Waals surface area contributed by atoms with Crippen molar-refractivity contribution < 1.29 is 4.79 Å². The topological polar surface area (TPSA) is 29.1 Å². The number of ketones is 1. The summed E-state index contributed by atoms with van der Waals surface area (Å²) in [6, 6.07) is -0.0509. The van der Waals surface area contributed by atoms with E-state index in [4.69, 9.17) is 0 Å². The molecule has 0 rings (SSSR count). The molecule has 0 saturated carbocycles. The third kappa shape index (κ3) is 8.25. The Bertz CT molecular complexity index is 218. The second-order valence-corrected chi connectivity index (χ2v) is 6.73. The van der Waals surface area contributed by atoms with E-state index in [9.17, 15) is 4.79 Å². The fourth-order valence-corrected chi connectivity index (χ4v) is 1.47. The fraction of sp³-hybridized carbons (Fsp3) is 0.800. The van der Waals surface area contributed by atoms with Gasteiger partial charge in [-0.15, -0.1) is 0 Å². The zero-order chi connectivity index (χ0) is 12.4. The Labute approximate surface area is 110 Å². The van der Waals surface area contributed by atoms with E-state index in [1.807, 2.05) is 20.8 Å². The molecule has 0 aromatic heterocycles. The monoisotopic (exact) mass is 243 g/mol. The smallest absolute Gasteiger partial charge is 0.155 e. The molecule has 1 N–H and O–H groups in total. The average Bonchev–Trinajstić information content (AvgIpc) is 1.94. The summed E-state index contributed by atoms with van der Waals surface area (Å²) in [6.45, 7) is 16.4. The second kappa shape index (κ2) is 7.05. The zero-order valence-corrected chi connectivity index (χ0v) is 13.6. The highest BCUT2D eigenvalue weighted by Crippen LogP contribution is 2.21. The summed E-state index contributed by atoms with van der Waals surface area (Å²) in [6.07, 6.45) is 0. The van der Waals surface area contributed by atoms with Gasteiger partial charge in [0.25, 0.3) is 0 Å². The van der Waals surface area contributed by atoms with E-state index in [-0.39, 0.29) is 31.8 Å². The average molecular weight is 243 g/mol. The largest absolute Gasteiger partial charge is 0.358 e. The van der Waals surface area contributed by atoms with Crippen LogP contribution >= 0.6 is 0 Å². The fourth-order valence-electron chi connectivity index (χ4n) is 1.47. The zero-order valence-electron chi connectivity index (χ0n) is 13.6. The molecule has 2 nitrogen and oxygen atoms in total. The lowest BCUT2D eigenvalue weighted by Gasteiger charge is -2.34. The van der Waals surface area contributed by atoms with Gasteiger partial charge in [-0.1, -0.05) is 34.6 Å². The van der Waals surface area contributed by atoms with Gasteiger partial charge in [0.2, 0.25) is 0 Å². The molecule has 0 spiro atoms. The number of carbonyl (C=O) groups excluding carboxylic acids is 1. The molecule has 0 aromatic carbocycles. The van der Waals surface area contributed by atoms with Crippen LogP contribution in [0, 0.1) is 26.2 Å². The quantitative estimate of drug-likeness (QED) is 0.761. The maximum absolute atomic E-state index is 12.2. The van der Waals surface area contributed by atoms with E-state index in [0.717, 1.165) is 0 Å². The van der Waals surface area contributed by atoms with Crippen LogP contribution in [-0.2, 0) is 4.79 Å². The predicted octanol–water partition coefficient (Wildman–Crippen LogP) is 3.91. The van der Waals surface area contributed by atoms with Gasteiger partial charge in [0, 0.05) is 18.4 Å². The summed E-state index contributed by atoms with van der Waals surface area (Å²) in [7, 11) is 0. The molecule has 0 amide bonds. The summed E-state index contributed by atoms with van der Waals surface area (Å²) in [5, 5.41) is 3.41. The SMILES string of the molecule is CC(C)C(NC(C)(C)C)C(=O)C(C)(C)C.[CH3+].[CH3-]. The van der Waals surface area contributed by atoms with E-state index >= 15 is 0 Å². The first-order chi connectivity index (χ1) is 6.45. The number of carbonyl (C=O) groups is 1. The Hall–Kier alpha value is -0.500. The van der Waals surface area contributed by atoms with Gasteiger partial charge in [0.15, 0.2) is 5.78 Å².